The molecule has 0 aliphatic carbocycles. The molecule has 0 N–H and O–H groups in total. The van der Waals surface area contributed by atoms with Crippen LogP contribution in [0.1, 0.15) is 124 Å². The van der Waals surface area contributed by atoms with E-state index in [9.17, 15) is 0 Å². The average molecular weight is 345 g/mol. The predicted molar refractivity (Wildman–Crippen MR) is 109 cm³/mol. The first kappa shape index (κ1) is 26.2. The van der Waals surface area contributed by atoms with Gasteiger partial charge in [0.15, 0.2) is 6.29 Å². The lowest BCUT2D eigenvalue weighted by molar-refractivity contribution is -0.107. The van der Waals surface area contributed by atoms with Crippen molar-refractivity contribution in [1.82, 2.24) is 0 Å². The van der Waals surface area contributed by atoms with Crippen LogP contribution < -0.4 is 0 Å². The maximum atomic E-state index is 5.12. The summed E-state index contributed by atoms with van der Waals surface area (Å²) in [6, 6.07) is 0. The van der Waals surface area contributed by atoms with Gasteiger partial charge in [0.2, 0.25) is 0 Å². The van der Waals surface area contributed by atoms with Gasteiger partial charge in [0.05, 0.1) is 0 Å². The minimum absolute atomic E-state index is 0.00522. The second-order valence-electron chi connectivity index (χ2n) is 6.93. The van der Waals surface area contributed by atoms with Crippen molar-refractivity contribution in [2.75, 3.05) is 14.2 Å². The highest BCUT2D eigenvalue weighted by Gasteiger charge is 2.03. The monoisotopic (exact) mass is 344 g/mol. The van der Waals surface area contributed by atoms with E-state index in [1.54, 1.807) is 14.2 Å². The highest BCUT2D eigenvalue weighted by Crippen LogP contribution is 2.11. The maximum Gasteiger partial charge on any atom is 0.156 e. The molecule has 0 aromatic rings. The highest BCUT2D eigenvalue weighted by molar-refractivity contribution is 4.48. The second-order valence-corrected chi connectivity index (χ2v) is 6.93. The SMILES string of the molecule is CCCCCCCCCC.CCCCCCCCCC(OC)OC. The van der Waals surface area contributed by atoms with E-state index >= 15 is 0 Å². The van der Waals surface area contributed by atoms with Crippen molar-refractivity contribution >= 4 is 0 Å². The van der Waals surface area contributed by atoms with E-state index in [-0.39, 0.29) is 6.29 Å². The van der Waals surface area contributed by atoms with E-state index in [0.29, 0.717) is 0 Å². The zero-order valence-corrected chi connectivity index (χ0v) is 17.7. The molecule has 0 spiro atoms. The Morgan fingerprint density at radius 2 is 0.750 bits per heavy atom. The lowest BCUT2D eigenvalue weighted by Gasteiger charge is -2.12. The molecule has 0 radical (unpaired) electrons. The molecular weight excluding hydrogens is 296 g/mol. The van der Waals surface area contributed by atoms with Gasteiger partial charge in [0, 0.05) is 14.2 Å². The van der Waals surface area contributed by atoms with Crippen molar-refractivity contribution in [3.05, 3.63) is 0 Å². The second kappa shape index (κ2) is 25.2. The molecule has 0 aliphatic rings. The molecule has 0 aliphatic heterocycles. The van der Waals surface area contributed by atoms with Gasteiger partial charge in [-0.25, -0.2) is 0 Å². The van der Waals surface area contributed by atoms with E-state index in [2.05, 4.69) is 20.8 Å². The first-order chi connectivity index (χ1) is 11.8. The van der Waals surface area contributed by atoms with E-state index in [1.807, 2.05) is 0 Å². The summed E-state index contributed by atoms with van der Waals surface area (Å²) in [5.74, 6) is 0. The Kier molecular flexibility index (Phi) is 27.4. The van der Waals surface area contributed by atoms with Crippen molar-refractivity contribution in [1.29, 1.82) is 0 Å². The summed E-state index contributed by atoms with van der Waals surface area (Å²) < 4.78 is 10.2. The highest BCUT2D eigenvalue weighted by atomic mass is 16.7. The molecule has 0 rings (SSSR count). The van der Waals surface area contributed by atoms with Gasteiger partial charge < -0.3 is 9.47 Å². The van der Waals surface area contributed by atoms with Crippen LogP contribution in [0, 0.1) is 0 Å². The van der Waals surface area contributed by atoms with E-state index in [4.69, 9.17) is 9.47 Å². The van der Waals surface area contributed by atoms with E-state index in [0.717, 1.165) is 6.42 Å². The van der Waals surface area contributed by atoms with Gasteiger partial charge in [-0.05, 0) is 12.8 Å². The standard InChI is InChI=1S/C12H26O2.C10H22/c1-4-5-6-7-8-9-10-11-12(13-2)14-3;1-3-5-7-9-10-8-6-4-2/h12H,4-11H2,1-3H3;3-10H2,1-2H3. The lowest BCUT2D eigenvalue weighted by Crippen LogP contribution is -2.12. The number of hydrogen-bond donors (Lipinski definition) is 0. The van der Waals surface area contributed by atoms with Gasteiger partial charge in [-0.3, -0.25) is 0 Å². The molecule has 0 saturated carbocycles. The first-order valence-electron chi connectivity index (χ1n) is 10.8. The molecule has 2 nitrogen and oxygen atoms in total. The van der Waals surface area contributed by atoms with Gasteiger partial charge in [0.1, 0.15) is 0 Å². The fraction of sp³-hybridized carbons (Fsp3) is 1.00. The molecule has 0 saturated heterocycles. The third kappa shape index (κ3) is 24.2. The summed E-state index contributed by atoms with van der Waals surface area (Å²) in [5, 5.41) is 0. The summed E-state index contributed by atoms with van der Waals surface area (Å²) in [6.45, 7) is 6.79. The summed E-state index contributed by atoms with van der Waals surface area (Å²) in [4.78, 5) is 0. The predicted octanol–water partition coefficient (Wildman–Crippen LogP) is 7.89. The quantitative estimate of drug-likeness (QED) is 0.197. The Bertz CT molecular complexity index is 182. The van der Waals surface area contributed by atoms with Crippen molar-refractivity contribution in [3.8, 4) is 0 Å². The van der Waals surface area contributed by atoms with Crippen LogP contribution in [0.4, 0.5) is 0 Å². The molecule has 148 valence electrons. The number of ether oxygens (including phenoxy) is 2. The average Bonchev–Trinajstić information content (AvgIpc) is 2.61. The largest absolute Gasteiger partial charge is 0.356 e. The normalized spacial score (nSPS) is 10.8. The van der Waals surface area contributed by atoms with Crippen LogP contribution in [0.2, 0.25) is 0 Å². The van der Waals surface area contributed by atoms with Crippen LogP contribution in [0.15, 0.2) is 0 Å². The lowest BCUT2D eigenvalue weighted by atomic mass is 10.1. The molecule has 0 bridgehead atoms. The number of methoxy groups -OCH3 is 2. The van der Waals surface area contributed by atoms with Crippen LogP contribution in [0.25, 0.3) is 0 Å². The van der Waals surface area contributed by atoms with Gasteiger partial charge in [0.25, 0.3) is 0 Å². The molecule has 0 aromatic heterocycles. The smallest absolute Gasteiger partial charge is 0.156 e. The van der Waals surface area contributed by atoms with Gasteiger partial charge in [-0.2, -0.15) is 0 Å². The minimum atomic E-state index is 0.00522. The Hall–Kier alpha value is -0.0800. The Morgan fingerprint density at radius 3 is 1.04 bits per heavy atom. The van der Waals surface area contributed by atoms with Crippen LogP contribution in [-0.2, 0) is 9.47 Å². The molecule has 0 fully saturated rings. The Labute approximate surface area is 154 Å². The van der Waals surface area contributed by atoms with Gasteiger partial charge in [-0.15, -0.1) is 0 Å². The van der Waals surface area contributed by atoms with Crippen molar-refractivity contribution in [3.63, 3.8) is 0 Å². The van der Waals surface area contributed by atoms with Crippen molar-refractivity contribution in [2.24, 2.45) is 0 Å². The summed E-state index contributed by atoms with van der Waals surface area (Å²) in [6.07, 6.45) is 21.9. The zero-order chi connectivity index (χ0) is 18.3. The topological polar surface area (TPSA) is 18.5 Å². The van der Waals surface area contributed by atoms with Crippen molar-refractivity contribution < 1.29 is 9.47 Å². The summed E-state index contributed by atoms with van der Waals surface area (Å²) in [7, 11) is 3.41. The molecule has 0 heterocycles. The molecule has 24 heavy (non-hydrogen) atoms. The number of unbranched alkanes of at least 4 members (excludes halogenated alkanes) is 13. The molecule has 2 heteroatoms. The summed E-state index contributed by atoms with van der Waals surface area (Å²) >= 11 is 0. The minimum Gasteiger partial charge on any atom is -0.356 e. The van der Waals surface area contributed by atoms with Crippen LogP contribution in [0.3, 0.4) is 0 Å². The third-order valence-electron chi connectivity index (χ3n) is 4.53. The molecular formula is C22H48O2. The molecule has 0 atom stereocenters. The summed E-state index contributed by atoms with van der Waals surface area (Å²) in [5.41, 5.74) is 0. The Balaban J connectivity index is 0. The van der Waals surface area contributed by atoms with Crippen LogP contribution in [0.5, 0.6) is 0 Å². The Morgan fingerprint density at radius 1 is 0.458 bits per heavy atom. The molecule has 0 aromatic carbocycles. The first-order valence-corrected chi connectivity index (χ1v) is 10.8. The zero-order valence-electron chi connectivity index (χ0n) is 17.7. The fourth-order valence-electron chi connectivity index (χ4n) is 2.81. The number of rotatable bonds is 17. The van der Waals surface area contributed by atoms with Crippen LogP contribution in [-0.4, -0.2) is 20.5 Å². The molecule has 0 amide bonds. The fourth-order valence-corrected chi connectivity index (χ4v) is 2.81. The van der Waals surface area contributed by atoms with Crippen LogP contribution >= 0.6 is 0 Å². The number of hydrogen-bond acceptors (Lipinski definition) is 2. The third-order valence-corrected chi connectivity index (χ3v) is 4.53. The maximum absolute atomic E-state index is 5.12. The van der Waals surface area contributed by atoms with Crippen molar-refractivity contribution in [2.45, 2.75) is 130 Å². The molecule has 0 unspecified atom stereocenters. The van der Waals surface area contributed by atoms with E-state index < -0.39 is 0 Å². The van der Waals surface area contributed by atoms with Gasteiger partial charge >= 0.3 is 0 Å². The van der Waals surface area contributed by atoms with E-state index in [1.165, 1.54) is 96.3 Å². The van der Waals surface area contributed by atoms with Gasteiger partial charge in [-0.1, -0.05) is 111 Å².